The number of benzene rings is 1. The first kappa shape index (κ1) is 9.18. The van der Waals surface area contributed by atoms with E-state index in [-0.39, 0.29) is 0 Å². The van der Waals surface area contributed by atoms with Crippen LogP contribution in [0.25, 0.3) is 0 Å². The first-order valence-corrected chi connectivity index (χ1v) is 3.99. The van der Waals surface area contributed by atoms with Gasteiger partial charge in [-0.1, -0.05) is 23.2 Å². The van der Waals surface area contributed by atoms with Crippen molar-refractivity contribution in [3.05, 3.63) is 28.2 Å². The zero-order valence-corrected chi connectivity index (χ0v) is 7.89. The van der Waals surface area contributed by atoms with E-state index in [0.717, 1.165) is 0 Å². The zero-order valence-electron chi connectivity index (χ0n) is 6.38. The van der Waals surface area contributed by atoms with Crippen LogP contribution in [0.4, 0.5) is 5.69 Å². The van der Waals surface area contributed by atoms with Crippen LogP contribution in [0.5, 0.6) is 0 Å². The van der Waals surface area contributed by atoms with Crippen LogP contribution in [-0.4, -0.2) is 7.05 Å². The molecule has 12 heavy (non-hydrogen) atoms. The summed E-state index contributed by atoms with van der Waals surface area (Å²) in [6.45, 7) is 0. The molecule has 0 heterocycles. The molecular weight excluding hydrogens is 195 g/mol. The van der Waals surface area contributed by atoms with Crippen molar-refractivity contribution in [2.45, 2.75) is 0 Å². The van der Waals surface area contributed by atoms with Crippen molar-refractivity contribution in [3.63, 3.8) is 0 Å². The van der Waals surface area contributed by atoms with Crippen LogP contribution in [-0.2, 0) is 0 Å². The zero-order chi connectivity index (χ0) is 9.14. The van der Waals surface area contributed by atoms with Gasteiger partial charge >= 0.3 is 0 Å². The van der Waals surface area contributed by atoms with E-state index in [1.54, 1.807) is 25.2 Å². The second-order valence-corrected chi connectivity index (χ2v) is 3.10. The third-order valence-electron chi connectivity index (χ3n) is 1.42. The third-order valence-corrected chi connectivity index (χ3v) is 1.97. The summed E-state index contributed by atoms with van der Waals surface area (Å²) in [6.07, 6.45) is 1.94. The highest BCUT2D eigenvalue weighted by Crippen LogP contribution is 2.27. The molecule has 0 unspecified atom stereocenters. The first-order valence-electron chi connectivity index (χ1n) is 3.23. The fourth-order valence-corrected chi connectivity index (χ4v) is 1.21. The van der Waals surface area contributed by atoms with Crippen molar-refractivity contribution in [1.29, 1.82) is 5.26 Å². The summed E-state index contributed by atoms with van der Waals surface area (Å²) in [5, 5.41) is 9.66. The predicted octanol–water partition coefficient (Wildman–Crippen LogP) is 2.91. The van der Waals surface area contributed by atoms with E-state index in [2.05, 4.69) is 0 Å². The van der Waals surface area contributed by atoms with E-state index in [9.17, 15) is 0 Å². The Morgan fingerprint density at radius 1 is 1.42 bits per heavy atom. The average molecular weight is 201 g/mol. The molecule has 1 aromatic carbocycles. The van der Waals surface area contributed by atoms with Crippen molar-refractivity contribution in [2.24, 2.45) is 0 Å². The molecule has 4 heteroatoms. The largest absolute Gasteiger partial charge is 0.281 e. The SMILES string of the molecule is CN(C#N)c1cc(Cl)ccc1Cl. The maximum atomic E-state index is 8.58. The van der Waals surface area contributed by atoms with Gasteiger partial charge in [0.2, 0.25) is 0 Å². The molecule has 0 N–H and O–H groups in total. The smallest absolute Gasteiger partial charge is 0.184 e. The minimum Gasteiger partial charge on any atom is -0.281 e. The normalized spacial score (nSPS) is 9.17. The summed E-state index contributed by atoms with van der Waals surface area (Å²) in [7, 11) is 1.62. The lowest BCUT2D eigenvalue weighted by molar-refractivity contribution is 1.20. The topological polar surface area (TPSA) is 27.0 Å². The molecule has 1 rings (SSSR count). The molecular formula is C8H6Cl2N2. The molecule has 0 radical (unpaired) electrons. The molecule has 0 saturated heterocycles. The second-order valence-electron chi connectivity index (χ2n) is 2.25. The Morgan fingerprint density at radius 2 is 2.08 bits per heavy atom. The molecule has 0 aliphatic heterocycles. The molecule has 62 valence electrons. The predicted molar refractivity (Wildman–Crippen MR) is 50.5 cm³/mol. The van der Waals surface area contributed by atoms with Gasteiger partial charge in [0.25, 0.3) is 0 Å². The lowest BCUT2D eigenvalue weighted by Gasteiger charge is -2.10. The Hall–Kier alpha value is -0.910. The Labute approximate surface area is 80.9 Å². The van der Waals surface area contributed by atoms with Gasteiger partial charge < -0.3 is 0 Å². The lowest BCUT2D eigenvalue weighted by atomic mass is 10.3. The molecule has 0 atom stereocenters. The van der Waals surface area contributed by atoms with E-state index in [4.69, 9.17) is 28.5 Å². The van der Waals surface area contributed by atoms with Gasteiger partial charge in [0.15, 0.2) is 6.19 Å². The number of anilines is 1. The number of hydrogen-bond acceptors (Lipinski definition) is 2. The van der Waals surface area contributed by atoms with E-state index in [1.807, 2.05) is 6.19 Å². The molecule has 0 aromatic heterocycles. The summed E-state index contributed by atoms with van der Waals surface area (Å²) < 4.78 is 0. The molecule has 2 nitrogen and oxygen atoms in total. The van der Waals surface area contributed by atoms with Crippen LogP contribution < -0.4 is 4.90 Å². The molecule has 0 bridgehead atoms. The summed E-state index contributed by atoms with van der Waals surface area (Å²) in [4.78, 5) is 1.36. The number of nitriles is 1. The summed E-state index contributed by atoms with van der Waals surface area (Å²) in [5.41, 5.74) is 0.617. The summed E-state index contributed by atoms with van der Waals surface area (Å²) in [6, 6.07) is 4.98. The van der Waals surface area contributed by atoms with Gasteiger partial charge in [-0.3, -0.25) is 4.90 Å². The third kappa shape index (κ3) is 1.82. The van der Waals surface area contributed by atoms with Crippen LogP contribution in [0, 0.1) is 11.5 Å². The minimum absolute atomic E-state index is 0.517. The maximum absolute atomic E-state index is 8.58. The molecule has 0 fully saturated rings. The standard InChI is InChI=1S/C8H6Cl2N2/c1-12(5-11)8-4-6(9)2-3-7(8)10/h2-4H,1H3. The monoisotopic (exact) mass is 200 g/mol. The molecule has 0 aliphatic rings. The van der Waals surface area contributed by atoms with Crippen molar-refractivity contribution in [1.82, 2.24) is 0 Å². The van der Waals surface area contributed by atoms with Gasteiger partial charge in [0.1, 0.15) is 0 Å². The minimum atomic E-state index is 0.517. The Morgan fingerprint density at radius 3 is 2.67 bits per heavy atom. The fraction of sp³-hybridized carbons (Fsp3) is 0.125. The highest BCUT2D eigenvalue weighted by atomic mass is 35.5. The van der Waals surface area contributed by atoms with Crippen molar-refractivity contribution < 1.29 is 0 Å². The average Bonchev–Trinajstić information content (AvgIpc) is 2.08. The number of nitrogens with zero attached hydrogens (tertiary/aromatic N) is 2. The van der Waals surface area contributed by atoms with Crippen LogP contribution in [0.3, 0.4) is 0 Å². The highest BCUT2D eigenvalue weighted by Gasteiger charge is 2.04. The Bertz CT molecular complexity index is 330. The number of halogens is 2. The highest BCUT2D eigenvalue weighted by molar-refractivity contribution is 6.35. The van der Waals surface area contributed by atoms with Gasteiger partial charge in [-0.05, 0) is 18.2 Å². The number of rotatable bonds is 1. The molecule has 0 spiro atoms. The molecule has 0 saturated carbocycles. The first-order chi connectivity index (χ1) is 5.65. The van der Waals surface area contributed by atoms with Crippen LogP contribution in [0.1, 0.15) is 0 Å². The van der Waals surface area contributed by atoms with Crippen LogP contribution >= 0.6 is 23.2 Å². The summed E-state index contributed by atoms with van der Waals surface area (Å²) in [5.74, 6) is 0. The molecule has 0 aliphatic carbocycles. The second kappa shape index (κ2) is 3.66. The maximum Gasteiger partial charge on any atom is 0.184 e. The van der Waals surface area contributed by atoms with Gasteiger partial charge in [0, 0.05) is 12.1 Å². The van der Waals surface area contributed by atoms with Gasteiger partial charge in [-0.2, -0.15) is 5.26 Å². The van der Waals surface area contributed by atoms with Gasteiger partial charge in [0.05, 0.1) is 10.7 Å². The van der Waals surface area contributed by atoms with Crippen molar-refractivity contribution in [3.8, 4) is 6.19 Å². The van der Waals surface area contributed by atoms with Gasteiger partial charge in [-0.15, -0.1) is 0 Å². The van der Waals surface area contributed by atoms with Crippen LogP contribution in [0.15, 0.2) is 18.2 Å². The Balaban J connectivity index is 3.15. The number of hydrogen-bond donors (Lipinski definition) is 0. The quantitative estimate of drug-likeness (QED) is 0.515. The molecule has 1 aromatic rings. The fourth-order valence-electron chi connectivity index (χ4n) is 0.797. The van der Waals surface area contributed by atoms with Gasteiger partial charge in [-0.25, -0.2) is 0 Å². The van der Waals surface area contributed by atoms with Crippen molar-refractivity contribution in [2.75, 3.05) is 11.9 Å². The lowest BCUT2D eigenvalue weighted by Crippen LogP contribution is -2.08. The van der Waals surface area contributed by atoms with E-state index >= 15 is 0 Å². The van der Waals surface area contributed by atoms with Crippen molar-refractivity contribution >= 4 is 28.9 Å². The Kier molecular flexibility index (Phi) is 2.80. The summed E-state index contributed by atoms with van der Waals surface area (Å²) >= 11 is 11.5. The van der Waals surface area contributed by atoms with E-state index in [0.29, 0.717) is 15.7 Å². The van der Waals surface area contributed by atoms with E-state index < -0.39 is 0 Å². The van der Waals surface area contributed by atoms with Crippen LogP contribution in [0.2, 0.25) is 10.0 Å². The molecule has 0 amide bonds. The van der Waals surface area contributed by atoms with E-state index in [1.165, 1.54) is 4.90 Å².